The topological polar surface area (TPSA) is 133 Å². The molecule has 4 aromatic rings. The Morgan fingerprint density at radius 1 is 0.960 bits per heavy atom. The summed E-state index contributed by atoms with van der Waals surface area (Å²) in [5, 5.41) is 19.0. The summed E-state index contributed by atoms with van der Waals surface area (Å²) < 4.78 is 1.46. The molecule has 2 fully saturated rings. The predicted octanol–water partition coefficient (Wildman–Crippen LogP) is 4.38. The van der Waals surface area contributed by atoms with Gasteiger partial charge in [-0.05, 0) is 81.8 Å². The predicted molar refractivity (Wildman–Crippen MR) is 195 cm³/mol. The highest BCUT2D eigenvalue weighted by atomic mass is 35.5. The molecule has 2 aliphatic rings. The van der Waals surface area contributed by atoms with Crippen molar-refractivity contribution in [3.05, 3.63) is 99.7 Å². The smallest absolute Gasteiger partial charge is 0.255 e. The zero-order valence-electron chi connectivity index (χ0n) is 28.4. The molecule has 12 heteroatoms. The molecule has 4 heterocycles. The number of hydrogen-bond donors (Lipinski definition) is 3. The van der Waals surface area contributed by atoms with Gasteiger partial charge in [0.25, 0.3) is 11.5 Å². The van der Waals surface area contributed by atoms with Crippen molar-refractivity contribution in [1.29, 1.82) is 0 Å². The molecule has 1 atom stereocenters. The van der Waals surface area contributed by atoms with Gasteiger partial charge in [-0.3, -0.25) is 23.9 Å². The first kappa shape index (κ1) is 35.5. The number of rotatable bonds is 14. The summed E-state index contributed by atoms with van der Waals surface area (Å²) in [5.74, 6) is 0.110. The molecule has 50 heavy (non-hydrogen) atoms. The van der Waals surface area contributed by atoms with Crippen LogP contribution < -0.4 is 16.2 Å². The number of anilines is 1. The zero-order chi connectivity index (χ0) is 34.9. The van der Waals surface area contributed by atoms with E-state index < -0.39 is 5.60 Å². The summed E-state index contributed by atoms with van der Waals surface area (Å²) in [6.45, 7) is 5.23. The number of aromatic nitrogens is 3. The molecule has 11 nitrogen and oxygen atoms in total. The van der Waals surface area contributed by atoms with E-state index in [-0.39, 0.29) is 29.8 Å². The third-order valence-corrected chi connectivity index (χ3v) is 10.3. The molecule has 0 spiro atoms. The van der Waals surface area contributed by atoms with Gasteiger partial charge in [-0.15, -0.1) is 0 Å². The van der Waals surface area contributed by atoms with Crippen LogP contribution in [0.4, 0.5) is 5.82 Å². The van der Waals surface area contributed by atoms with Gasteiger partial charge in [-0.25, -0.2) is 4.98 Å². The second kappa shape index (κ2) is 16.6. The van der Waals surface area contributed by atoms with Crippen LogP contribution in [-0.4, -0.2) is 92.7 Å². The van der Waals surface area contributed by atoms with Crippen molar-refractivity contribution in [1.82, 2.24) is 29.7 Å². The largest absolute Gasteiger partial charge is 0.388 e. The van der Waals surface area contributed by atoms with Crippen LogP contribution >= 0.6 is 11.6 Å². The first-order chi connectivity index (χ1) is 24.3. The molecule has 264 valence electrons. The van der Waals surface area contributed by atoms with E-state index in [4.69, 9.17) is 11.6 Å². The highest BCUT2D eigenvalue weighted by Gasteiger charge is 2.36. The normalized spacial score (nSPS) is 16.7. The number of likely N-dealkylation sites (tertiary alicyclic amines) is 2. The lowest BCUT2D eigenvalue weighted by Gasteiger charge is -2.39. The fourth-order valence-electron chi connectivity index (χ4n) is 6.98. The van der Waals surface area contributed by atoms with Crippen molar-refractivity contribution < 1.29 is 14.7 Å². The number of amides is 2. The van der Waals surface area contributed by atoms with Gasteiger partial charge >= 0.3 is 0 Å². The summed E-state index contributed by atoms with van der Waals surface area (Å²) in [6, 6.07) is 18.4. The lowest BCUT2D eigenvalue weighted by Crippen LogP contribution is -2.51. The van der Waals surface area contributed by atoms with Crippen molar-refractivity contribution in [2.45, 2.75) is 57.1 Å². The first-order valence-corrected chi connectivity index (χ1v) is 18.0. The minimum atomic E-state index is -1.12. The molecule has 0 radical (unpaired) electrons. The average molecular weight is 700 g/mol. The van der Waals surface area contributed by atoms with Crippen LogP contribution in [0, 0.1) is 5.92 Å². The van der Waals surface area contributed by atoms with E-state index in [2.05, 4.69) is 25.5 Å². The van der Waals surface area contributed by atoms with Crippen molar-refractivity contribution in [2.75, 3.05) is 51.1 Å². The molecule has 2 saturated heterocycles. The maximum atomic E-state index is 13.9. The standard InChI is InChI=1S/C38H46ClN7O4/c39-32-12-16-40-33-24-29(10-11-31(32)33)36(48)42-15-6-9-30(23-28-7-2-1-3-8-28)37(49)45-20-13-38(50,14-21-45)26-46-27-43-34(25-35(46)47)41-17-22-44-18-4-5-19-44/h1-3,7-8,10-12,16,24-25,27,30,41,50H,4-6,9,13-15,17-23,26H2,(H,42,48). The number of nitrogens with zero attached hydrogens (tertiary/aromatic N) is 5. The van der Waals surface area contributed by atoms with Gasteiger partial charge in [0.15, 0.2) is 0 Å². The van der Waals surface area contributed by atoms with Crippen molar-refractivity contribution in [2.24, 2.45) is 5.92 Å². The van der Waals surface area contributed by atoms with Gasteiger partial charge < -0.3 is 25.5 Å². The Balaban J connectivity index is 1.01. The van der Waals surface area contributed by atoms with Gasteiger partial charge in [0.2, 0.25) is 5.91 Å². The van der Waals surface area contributed by atoms with Crippen LogP contribution in [0.5, 0.6) is 0 Å². The Kier molecular flexibility index (Phi) is 11.8. The summed E-state index contributed by atoms with van der Waals surface area (Å²) in [4.78, 5) is 52.7. The summed E-state index contributed by atoms with van der Waals surface area (Å²) in [5.41, 5.74) is 0.905. The van der Waals surface area contributed by atoms with Crippen LogP contribution in [0.3, 0.4) is 0 Å². The molecular formula is C38H46ClN7O4. The number of fused-ring (bicyclic) bond motifs is 1. The number of pyridine rings is 1. The Bertz CT molecular complexity index is 1820. The molecule has 2 aromatic carbocycles. The first-order valence-electron chi connectivity index (χ1n) is 17.7. The Morgan fingerprint density at radius 2 is 1.74 bits per heavy atom. The second-order valence-electron chi connectivity index (χ2n) is 13.6. The summed E-state index contributed by atoms with van der Waals surface area (Å²) >= 11 is 6.24. The number of piperidine rings is 1. The number of halogens is 1. The summed E-state index contributed by atoms with van der Waals surface area (Å²) in [7, 11) is 0. The molecular weight excluding hydrogens is 654 g/mol. The van der Waals surface area contributed by atoms with Crippen molar-refractivity contribution in [3.63, 3.8) is 0 Å². The Hall–Kier alpha value is -4.32. The maximum absolute atomic E-state index is 13.9. The minimum absolute atomic E-state index is 0.0444. The quantitative estimate of drug-likeness (QED) is 0.165. The average Bonchev–Trinajstić information content (AvgIpc) is 3.65. The third-order valence-electron chi connectivity index (χ3n) is 9.92. The second-order valence-corrected chi connectivity index (χ2v) is 14.0. The molecule has 2 aromatic heterocycles. The SMILES string of the molecule is O=C(NCCCC(Cc1ccccc1)C(=O)N1CCC(O)(Cn2cnc(NCCN3CCCC3)cc2=O)CC1)c1ccc2c(Cl)ccnc2c1. The number of carbonyl (C=O) groups excluding carboxylic acids is 2. The lowest BCUT2D eigenvalue weighted by atomic mass is 9.88. The van der Waals surface area contributed by atoms with Gasteiger partial charge in [-0.2, -0.15) is 0 Å². The minimum Gasteiger partial charge on any atom is -0.388 e. The van der Waals surface area contributed by atoms with Crippen LogP contribution in [0.25, 0.3) is 10.9 Å². The van der Waals surface area contributed by atoms with Crippen LogP contribution in [0.2, 0.25) is 5.02 Å². The van der Waals surface area contributed by atoms with Gasteiger partial charge in [0.1, 0.15) is 5.82 Å². The molecule has 0 aliphatic carbocycles. The number of hydrogen-bond acceptors (Lipinski definition) is 8. The number of aliphatic hydroxyl groups is 1. The van der Waals surface area contributed by atoms with E-state index in [1.807, 2.05) is 35.2 Å². The molecule has 2 aliphatic heterocycles. The Labute approximate surface area is 297 Å². The fourth-order valence-corrected chi connectivity index (χ4v) is 7.20. The Morgan fingerprint density at radius 3 is 2.50 bits per heavy atom. The molecule has 1 unspecified atom stereocenters. The van der Waals surface area contributed by atoms with Crippen LogP contribution in [0.1, 0.15) is 54.4 Å². The van der Waals surface area contributed by atoms with E-state index >= 15 is 0 Å². The highest BCUT2D eigenvalue weighted by Crippen LogP contribution is 2.27. The van der Waals surface area contributed by atoms with Gasteiger partial charge in [0.05, 0.1) is 29.0 Å². The molecule has 6 rings (SSSR count). The molecule has 2 amide bonds. The van der Waals surface area contributed by atoms with E-state index in [9.17, 15) is 19.5 Å². The third kappa shape index (κ3) is 9.26. The van der Waals surface area contributed by atoms with E-state index in [1.165, 1.54) is 29.8 Å². The fraction of sp³-hybridized carbons (Fsp3) is 0.447. The van der Waals surface area contributed by atoms with E-state index in [1.54, 1.807) is 30.5 Å². The van der Waals surface area contributed by atoms with Gasteiger partial charge in [0, 0.05) is 61.9 Å². The van der Waals surface area contributed by atoms with Crippen LogP contribution in [0.15, 0.2) is 78.0 Å². The van der Waals surface area contributed by atoms with Crippen LogP contribution in [-0.2, 0) is 17.8 Å². The van der Waals surface area contributed by atoms with E-state index in [0.29, 0.717) is 73.7 Å². The number of nitrogens with one attached hydrogen (secondary N) is 2. The highest BCUT2D eigenvalue weighted by molar-refractivity contribution is 6.35. The molecule has 0 saturated carbocycles. The lowest BCUT2D eigenvalue weighted by molar-refractivity contribution is -0.140. The maximum Gasteiger partial charge on any atom is 0.255 e. The van der Waals surface area contributed by atoms with Crippen molar-refractivity contribution in [3.8, 4) is 0 Å². The number of carbonyl (C=O) groups is 2. The van der Waals surface area contributed by atoms with E-state index in [0.717, 1.165) is 37.1 Å². The van der Waals surface area contributed by atoms with Crippen molar-refractivity contribution >= 4 is 40.1 Å². The summed E-state index contributed by atoms with van der Waals surface area (Å²) in [6.07, 6.45) is 8.13. The molecule has 3 N–H and O–H groups in total. The number of benzene rings is 2. The monoisotopic (exact) mass is 699 g/mol. The zero-order valence-corrected chi connectivity index (χ0v) is 29.2. The molecule has 0 bridgehead atoms. The van der Waals surface area contributed by atoms with Gasteiger partial charge in [-0.1, -0.05) is 48.0 Å².